The molecule has 3 aromatic rings. The Morgan fingerprint density at radius 3 is 2.38 bits per heavy atom. The van der Waals surface area contributed by atoms with Crippen LogP contribution < -0.4 is 5.73 Å². The van der Waals surface area contributed by atoms with Gasteiger partial charge in [0, 0.05) is 21.3 Å². The van der Waals surface area contributed by atoms with Crippen LogP contribution in [0.15, 0.2) is 59.1 Å². The van der Waals surface area contributed by atoms with E-state index in [1.807, 2.05) is 55.5 Å². The van der Waals surface area contributed by atoms with Crippen molar-refractivity contribution < 1.29 is 4.79 Å². The summed E-state index contributed by atoms with van der Waals surface area (Å²) in [6, 6.07) is 17.1. The van der Waals surface area contributed by atoms with E-state index in [1.54, 1.807) is 6.07 Å². The molecule has 0 aromatic heterocycles. The number of carbonyl (C=O) groups is 1. The van der Waals surface area contributed by atoms with Crippen LogP contribution in [0.2, 0.25) is 0 Å². The van der Waals surface area contributed by atoms with E-state index in [9.17, 15) is 4.79 Å². The van der Waals surface area contributed by atoms with Gasteiger partial charge in [0.2, 0.25) is 0 Å². The highest BCUT2D eigenvalue weighted by Crippen LogP contribution is 2.30. The van der Waals surface area contributed by atoms with Crippen LogP contribution in [-0.2, 0) is 0 Å². The molecule has 0 heterocycles. The van der Waals surface area contributed by atoms with Crippen molar-refractivity contribution in [3.63, 3.8) is 0 Å². The largest absolute Gasteiger partial charge is 0.398 e. The van der Waals surface area contributed by atoms with Crippen LogP contribution in [0.4, 0.5) is 5.69 Å². The van der Waals surface area contributed by atoms with Crippen LogP contribution >= 0.6 is 15.9 Å². The summed E-state index contributed by atoms with van der Waals surface area (Å²) in [4.78, 5) is 12.9. The third-order valence-electron chi connectivity index (χ3n) is 3.65. The number of aryl methyl sites for hydroxylation is 1. The molecule has 0 unspecified atom stereocenters. The molecule has 0 saturated carbocycles. The predicted molar refractivity (Wildman–Crippen MR) is 90.7 cm³/mol. The molecule has 104 valence electrons. The van der Waals surface area contributed by atoms with Gasteiger partial charge in [-0.2, -0.15) is 0 Å². The van der Waals surface area contributed by atoms with Crippen molar-refractivity contribution in [1.82, 2.24) is 0 Å². The number of carbonyl (C=O) groups excluding carboxylic acids is 1. The van der Waals surface area contributed by atoms with Crippen LogP contribution in [0, 0.1) is 6.92 Å². The number of fused-ring (bicyclic) bond motifs is 1. The number of hydrogen-bond donors (Lipinski definition) is 1. The van der Waals surface area contributed by atoms with Gasteiger partial charge in [0.1, 0.15) is 0 Å². The van der Waals surface area contributed by atoms with Gasteiger partial charge in [0.05, 0.1) is 0 Å². The lowest BCUT2D eigenvalue weighted by Gasteiger charge is -2.11. The van der Waals surface area contributed by atoms with Gasteiger partial charge >= 0.3 is 0 Å². The molecule has 0 saturated heterocycles. The zero-order valence-corrected chi connectivity index (χ0v) is 13.1. The third-order valence-corrected chi connectivity index (χ3v) is 4.34. The molecule has 0 spiro atoms. The number of anilines is 1. The lowest BCUT2D eigenvalue weighted by atomic mass is 9.94. The summed E-state index contributed by atoms with van der Waals surface area (Å²) in [7, 11) is 0. The topological polar surface area (TPSA) is 43.1 Å². The minimum atomic E-state index is -0.0331. The van der Waals surface area contributed by atoms with Crippen LogP contribution in [0.3, 0.4) is 0 Å². The SMILES string of the molecule is Cc1cccc(N)c1C(=O)c1ccc(Br)c2ccccc12. The fraction of sp³-hybridized carbons (Fsp3) is 0.0556. The minimum Gasteiger partial charge on any atom is -0.398 e. The summed E-state index contributed by atoms with van der Waals surface area (Å²) in [6.07, 6.45) is 0. The van der Waals surface area contributed by atoms with Crippen molar-refractivity contribution in [2.75, 3.05) is 5.73 Å². The van der Waals surface area contributed by atoms with Crippen molar-refractivity contribution in [2.24, 2.45) is 0 Å². The summed E-state index contributed by atoms with van der Waals surface area (Å²) >= 11 is 3.53. The van der Waals surface area contributed by atoms with Gasteiger partial charge in [0.25, 0.3) is 0 Å². The third kappa shape index (κ3) is 2.34. The maximum absolute atomic E-state index is 12.9. The summed E-state index contributed by atoms with van der Waals surface area (Å²) < 4.78 is 0.979. The second-order valence-electron chi connectivity index (χ2n) is 5.01. The fourth-order valence-corrected chi connectivity index (χ4v) is 3.07. The maximum atomic E-state index is 12.9. The Morgan fingerprint density at radius 1 is 0.952 bits per heavy atom. The minimum absolute atomic E-state index is 0.0331. The summed E-state index contributed by atoms with van der Waals surface area (Å²) in [5.41, 5.74) is 8.68. The van der Waals surface area contributed by atoms with E-state index in [2.05, 4.69) is 15.9 Å². The standard InChI is InChI=1S/C18H14BrNO/c1-11-5-4-8-16(20)17(11)18(21)14-9-10-15(19)13-7-3-2-6-12(13)14/h2-10H,20H2,1H3. The zero-order chi connectivity index (χ0) is 15.0. The molecule has 0 amide bonds. The molecule has 21 heavy (non-hydrogen) atoms. The van der Waals surface area contributed by atoms with Gasteiger partial charge in [-0.25, -0.2) is 0 Å². The number of rotatable bonds is 2. The van der Waals surface area contributed by atoms with Gasteiger partial charge in [0.15, 0.2) is 5.78 Å². The monoisotopic (exact) mass is 339 g/mol. The highest BCUT2D eigenvalue weighted by molar-refractivity contribution is 9.10. The molecule has 3 aromatic carbocycles. The fourth-order valence-electron chi connectivity index (χ4n) is 2.60. The van der Waals surface area contributed by atoms with E-state index in [-0.39, 0.29) is 5.78 Å². The molecule has 0 aliphatic rings. The molecule has 3 rings (SSSR count). The number of benzene rings is 3. The predicted octanol–water partition coefficient (Wildman–Crippen LogP) is 4.72. The Hall–Kier alpha value is -2.13. The number of hydrogen-bond acceptors (Lipinski definition) is 2. The van der Waals surface area contributed by atoms with E-state index in [1.165, 1.54) is 0 Å². The van der Waals surface area contributed by atoms with Crippen LogP contribution in [-0.4, -0.2) is 5.78 Å². The van der Waals surface area contributed by atoms with Crippen molar-refractivity contribution >= 4 is 38.2 Å². The lowest BCUT2D eigenvalue weighted by Crippen LogP contribution is -2.08. The van der Waals surface area contributed by atoms with E-state index < -0.39 is 0 Å². The molecule has 0 aliphatic heterocycles. The number of nitrogen functional groups attached to an aromatic ring is 1. The number of halogens is 1. The smallest absolute Gasteiger partial charge is 0.195 e. The quantitative estimate of drug-likeness (QED) is 0.542. The Labute approximate surface area is 131 Å². The van der Waals surface area contributed by atoms with E-state index in [0.717, 1.165) is 20.8 Å². The van der Waals surface area contributed by atoms with Gasteiger partial charge in [-0.05, 0) is 41.5 Å². The zero-order valence-electron chi connectivity index (χ0n) is 11.6. The van der Waals surface area contributed by atoms with Crippen molar-refractivity contribution in [2.45, 2.75) is 6.92 Å². The van der Waals surface area contributed by atoms with Crippen molar-refractivity contribution in [3.8, 4) is 0 Å². The summed E-state index contributed by atoms with van der Waals surface area (Å²) in [6.45, 7) is 1.91. The molecule has 3 heteroatoms. The molecular weight excluding hydrogens is 326 g/mol. The Bertz CT molecular complexity index is 835. The first-order chi connectivity index (χ1) is 10.1. The average Bonchev–Trinajstić information content (AvgIpc) is 2.47. The molecule has 2 nitrogen and oxygen atoms in total. The van der Waals surface area contributed by atoms with Gasteiger partial charge in [-0.15, -0.1) is 0 Å². The highest BCUT2D eigenvalue weighted by Gasteiger charge is 2.17. The molecule has 0 atom stereocenters. The van der Waals surface area contributed by atoms with Crippen LogP contribution in [0.5, 0.6) is 0 Å². The van der Waals surface area contributed by atoms with Crippen molar-refractivity contribution in [1.29, 1.82) is 0 Å². The van der Waals surface area contributed by atoms with Crippen molar-refractivity contribution in [3.05, 3.63) is 75.8 Å². The van der Waals surface area contributed by atoms with E-state index in [0.29, 0.717) is 16.8 Å². The maximum Gasteiger partial charge on any atom is 0.195 e. The lowest BCUT2D eigenvalue weighted by molar-refractivity contribution is 0.104. The molecule has 0 fully saturated rings. The highest BCUT2D eigenvalue weighted by atomic mass is 79.9. The number of nitrogens with two attached hydrogens (primary N) is 1. The summed E-state index contributed by atoms with van der Waals surface area (Å²) in [5, 5.41) is 1.95. The first kappa shape index (κ1) is 13.8. The van der Waals surface area contributed by atoms with E-state index in [4.69, 9.17) is 5.73 Å². The van der Waals surface area contributed by atoms with Gasteiger partial charge < -0.3 is 5.73 Å². The average molecular weight is 340 g/mol. The first-order valence-electron chi connectivity index (χ1n) is 6.66. The Balaban J connectivity index is 2.26. The van der Waals surface area contributed by atoms with Crippen LogP contribution in [0.25, 0.3) is 10.8 Å². The van der Waals surface area contributed by atoms with Gasteiger partial charge in [-0.3, -0.25) is 4.79 Å². The Kier molecular flexibility index (Phi) is 3.52. The molecule has 2 N–H and O–H groups in total. The molecule has 0 radical (unpaired) electrons. The van der Waals surface area contributed by atoms with Crippen LogP contribution in [0.1, 0.15) is 21.5 Å². The van der Waals surface area contributed by atoms with E-state index >= 15 is 0 Å². The normalized spacial score (nSPS) is 10.8. The second kappa shape index (κ2) is 5.34. The number of ketones is 1. The molecular formula is C18H14BrNO. The first-order valence-corrected chi connectivity index (χ1v) is 7.46. The second-order valence-corrected chi connectivity index (χ2v) is 5.86. The molecule has 0 aliphatic carbocycles. The summed E-state index contributed by atoms with van der Waals surface area (Å²) in [5.74, 6) is -0.0331. The van der Waals surface area contributed by atoms with Gasteiger partial charge in [-0.1, -0.05) is 52.3 Å². The molecule has 0 bridgehead atoms. The Morgan fingerprint density at radius 2 is 1.67 bits per heavy atom.